The Morgan fingerprint density at radius 1 is 0.846 bits per heavy atom. The van der Waals surface area contributed by atoms with E-state index in [2.05, 4.69) is 29.7 Å². The lowest BCUT2D eigenvalue weighted by molar-refractivity contribution is -0.128. The van der Waals surface area contributed by atoms with E-state index in [0.717, 1.165) is 11.1 Å². The van der Waals surface area contributed by atoms with E-state index in [0.29, 0.717) is 5.75 Å². The zero-order valence-electron chi connectivity index (χ0n) is 14.7. The number of carbonyl (C=O) groups is 1. The fraction of sp³-hybridized carbons (Fsp3) is 0.136. The van der Waals surface area contributed by atoms with Crippen molar-refractivity contribution in [2.75, 3.05) is 13.7 Å². The number of para-hydroxylation sites is 1. The Morgan fingerprint density at radius 3 is 1.81 bits per heavy atom. The number of benzene rings is 3. The van der Waals surface area contributed by atoms with Gasteiger partial charge in [0, 0.05) is 7.05 Å². The monoisotopic (exact) mass is 346 g/mol. The van der Waals surface area contributed by atoms with E-state index >= 15 is 0 Å². The smallest absolute Gasteiger partial charge is 0.272 e. The van der Waals surface area contributed by atoms with E-state index in [1.165, 1.54) is 0 Å². The topological polar surface area (TPSA) is 41.6 Å². The van der Waals surface area contributed by atoms with Crippen molar-refractivity contribution in [3.8, 4) is 5.75 Å². The summed E-state index contributed by atoms with van der Waals surface area (Å²) in [4.78, 5) is 12.3. The molecule has 0 fully saturated rings. The van der Waals surface area contributed by atoms with Gasteiger partial charge in [0.2, 0.25) is 0 Å². The Morgan fingerprint density at radius 2 is 1.31 bits per heavy atom. The van der Waals surface area contributed by atoms with Gasteiger partial charge in [-0.05, 0) is 23.3 Å². The highest BCUT2D eigenvalue weighted by Crippen LogP contribution is 2.26. The molecule has 1 N–H and O–H groups in total. The third kappa shape index (κ3) is 4.71. The molecule has 0 saturated heterocycles. The molecule has 3 aromatic rings. The van der Waals surface area contributed by atoms with Crippen molar-refractivity contribution >= 4 is 5.91 Å². The number of rotatable bonds is 7. The van der Waals surface area contributed by atoms with Crippen LogP contribution in [0, 0.1) is 0 Å². The standard InChI is InChI=1S/C22H22N2O2/c1-24(23-21(25)17-26-20-15-9-4-10-16-20)22(18-11-5-2-6-12-18)19-13-7-3-8-14-19/h2-16,22H,17H2,1H3,(H,23,25). The van der Waals surface area contributed by atoms with E-state index in [1.807, 2.05) is 78.8 Å². The maximum absolute atomic E-state index is 12.3. The van der Waals surface area contributed by atoms with Crippen LogP contribution in [0.5, 0.6) is 5.75 Å². The predicted molar refractivity (Wildman–Crippen MR) is 103 cm³/mol. The first kappa shape index (κ1) is 17.7. The molecule has 0 saturated carbocycles. The molecule has 0 bridgehead atoms. The van der Waals surface area contributed by atoms with Gasteiger partial charge in [0.25, 0.3) is 5.91 Å². The SMILES string of the molecule is CN(NC(=O)COc1ccccc1)C(c1ccccc1)c1ccccc1. The number of hydrogen-bond donors (Lipinski definition) is 1. The number of nitrogens with zero attached hydrogens (tertiary/aromatic N) is 1. The first-order valence-electron chi connectivity index (χ1n) is 8.54. The van der Waals surface area contributed by atoms with Crippen LogP contribution in [0.1, 0.15) is 17.2 Å². The molecule has 1 amide bonds. The third-order valence-electron chi connectivity index (χ3n) is 4.03. The summed E-state index contributed by atoms with van der Waals surface area (Å²) in [6, 6.07) is 29.4. The molecule has 0 atom stereocenters. The average molecular weight is 346 g/mol. The molecule has 0 aliphatic carbocycles. The first-order chi connectivity index (χ1) is 12.7. The van der Waals surface area contributed by atoms with Crippen LogP contribution in [0.3, 0.4) is 0 Å². The predicted octanol–water partition coefficient (Wildman–Crippen LogP) is 3.82. The molecule has 0 aromatic heterocycles. The van der Waals surface area contributed by atoms with Gasteiger partial charge in [-0.25, -0.2) is 5.01 Å². The summed E-state index contributed by atoms with van der Waals surface area (Å²) >= 11 is 0. The quantitative estimate of drug-likeness (QED) is 0.661. The molecule has 0 unspecified atom stereocenters. The molecule has 3 aromatic carbocycles. The fourth-order valence-electron chi connectivity index (χ4n) is 2.87. The van der Waals surface area contributed by atoms with Gasteiger partial charge < -0.3 is 4.74 Å². The van der Waals surface area contributed by atoms with Crippen molar-refractivity contribution in [3.05, 3.63) is 102 Å². The van der Waals surface area contributed by atoms with Gasteiger partial charge in [-0.1, -0.05) is 78.9 Å². The van der Waals surface area contributed by atoms with Crippen LogP contribution in [0.2, 0.25) is 0 Å². The van der Waals surface area contributed by atoms with Crippen molar-refractivity contribution in [1.29, 1.82) is 0 Å². The van der Waals surface area contributed by atoms with E-state index in [9.17, 15) is 4.79 Å². The normalized spacial score (nSPS) is 10.7. The minimum absolute atomic E-state index is 0.0371. The maximum atomic E-state index is 12.3. The lowest BCUT2D eigenvalue weighted by atomic mass is 9.98. The third-order valence-corrected chi connectivity index (χ3v) is 4.03. The van der Waals surface area contributed by atoms with Crippen molar-refractivity contribution in [2.45, 2.75) is 6.04 Å². The van der Waals surface area contributed by atoms with Crippen molar-refractivity contribution in [2.24, 2.45) is 0 Å². The van der Waals surface area contributed by atoms with Gasteiger partial charge in [0.1, 0.15) is 5.75 Å². The molecule has 0 aliphatic heterocycles. The van der Waals surface area contributed by atoms with E-state index in [1.54, 1.807) is 0 Å². The van der Waals surface area contributed by atoms with Crippen LogP contribution in [0.25, 0.3) is 0 Å². The molecular weight excluding hydrogens is 324 g/mol. The van der Waals surface area contributed by atoms with Crippen LogP contribution in [-0.4, -0.2) is 24.6 Å². The van der Waals surface area contributed by atoms with Gasteiger partial charge in [-0.15, -0.1) is 0 Å². The average Bonchev–Trinajstić information content (AvgIpc) is 2.69. The number of nitrogens with one attached hydrogen (secondary N) is 1. The molecule has 0 aliphatic rings. The molecule has 132 valence electrons. The highest BCUT2D eigenvalue weighted by atomic mass is 16.5. The van der Waals surface area contributed by atoms with Crippen molar-refractivity contribution in [1.82, 2.24) is 10.4 Å². The summed E-state index contributed by atoms with van der Waals surface area (Å²) in [6.07, 6.45) is 0. The summed E-state index contributed by atoms with van der Waals surface area (Å²) in [5.41, 5.74) is 5.12. The number of carbonyl (C=O) groups excluding carboxylic acids is 1. The molecule has 4 nitrogen and oxygen atoms in total. The molecule has 4 heteroatoms. The Bertz CT molecular complexity index is 768. The highest BCUT2D eigenvalue weighted by molar-refractivity contribution is 5.77. The molecule has 26 heavy (non-hydrogen) atoms. The summed E-state index contributed by atoms with van der Waals surface area (Å²) < 4.78 is 5.52. The van der Waals surface area contributed by atoms with Crippen molar-refractivity contribution in [3.63, 3.8) is 0 Å². The zero-order chi connectivity index (χ0) is 18.2. The summed E-state index contributed by atoms with van der Waals surface area (Å²) in [7, 11) is 1.87. The first-order valence-corrected chi connectivity index (χ1v) is 8.54. The lowest BCUT2D eigenvalue weighted by Gasteiger charge is -2.29. The number of ether oxygens (including phenoxy) is 1. The Kier molecular flexibility index (Phi) is 6.01. The lowest BCUT2D eigenvalue weighted by Crippen LogP contribution is -2.44. The number of hydrazine groups is 1. The van der Waals surface area contributed by atoms with Crippen LogP contribution in [0.4, 0.5) is 0 Å². The summed E-state index contributed by atoms with van der Waals surface area (Å²) in [5.74, 6) is 0.473. The summed E-state index contributed by atoms with van der Waals surface area (Å²) in [6.45, 7) is -0.0371. The van der Waals surface area contributed by atoms with Gasteiger partial charge in [0.05, 0.1) is 6.04 Å². The molecule has 0 radical (unpaired) electrons. The van der Waals surface area contributed by atoms with Gasteiger partial charge in [-0.2, -0.15) is 0 Å². The molecule has 0 spiro atoms. The molecular formula is C22H22N2O2. The second-order valence-corrected chi connectivity index (χ2v) is 5.97. The Hall–Kier alpha value is -3.11. The minimum Gasteiger partial charge on any atom is -0.484 e. The van der Waals surface area contributed by atoms with Gasteiger partial charge in [-0.3, -0.25) is 10.2 Å². The Balaban J connectivity index is 1.69. The maximum Gasteiger partial charge on any atom is 0.272 e. The highest BCUT2D eigenvalue weighted by Gasteiger charge is 2.20. The second kappa shape index (κ2) is 8.83. The fourth-order valence-corrected chi connectivity index (χ4v) is 2.87. The van der Waals surface area contributed by atoms with Crippen LogP contribution >= 0.6 is 0 Å². The van der Waals surface area contributed by atoms with E-state index in [-0.39, 0.29) is 18.6 Å². The zero-order valence-corrected chi connectivity index (χ0v) is 14.7. The van der Waals surface area contributed by atoms with Crippen LogP contribution < -0.4 is 10.2 Å². The minimum atomic E-state index is -0.201. The number of amides is 1. The molecule has 0 heterocycles. The Labute approximate surface area is 154 Å². The van der Waals surface area contributed by atoms with Crippen molar-refractivity contribution < 1.29 is 9.53 Å². The second-order valence-electron chi connectivity index (χ2n) is 5.97. The van der Waals surface area contributed by atoms with Gasteiger partial charge in [0.15, 0.2) is 6.61 Å². The molecule has 3 rings (SSSR count). The largest absolute Gasteiger partial charge is 0.484 e. The summed E-state index contributed by atoms with van der Waals surface area (Å²) in [5, 5.41) is 1.82. The van der Waals surface area contributed by atoms with Gasteiger partial charge >= 0.3 is 0 Å². The van der Waals surface area contributed by atoms with E-state index < -0.39 is 0 Å². The number of hydrogen-bond acceptors (Lipinski definition) is 3. The van der Waals surface area contributed by atoms with Crippen LogP contribution in [0.15, 0.2) is 91.0 Å². The van der Waals surface area contributed by atoms with E-state index in [4.69, 9.17) is 4.74 Å². The van der Waals surface area contributed by atoms with Crippen LogP contribution in [-0.2, 0) is 4.79 Å².